The molecule has 1 aromatic rings. The number of nitrogens with zero attached hydrogens (tertiary/aromatic N) is 1. The van der Waals surface area contributed by atoms with E-state index in [1.54, 1.807) is 6.07 Å². The van der Waals surface area contributed by atoms with Gasteiger partial charge in [-0.25, -0.2) is 0 Å². The summed E-state index contributed by atoms with van der Waals surface area (Å²) in [4.78, 5) is 10.5. The van der Waals surface area contributed by atoms with E-state index in [-0.39, 0.29) is 16.7 Å². The first-order valence-corrected chi connectivity index (χ1v) is 4.74. The van der Waals surface area contributed by atoms with Gasteiger partial charge in [0.05, 0.1) is 18.1 Å². The predicted molar refractivity (Wildman–Crippen MR) is 53.9 cm³/mol. The molecule has 1 aromatic carbocycles. The molecule has 0 aliphatic carbocycles. The minimum Gasteiger partial charge on any atom is -0.481 e. The van der Waals surface area contributed by atoms with Crippen LogP contribution in [0.15, 0.2) is 12.1 Å². The summed E-state index contributed by atoms with van der Waals surface area (Å²) in [6.07, 6.45) is -5.37. The third-order valence-electron chi connectivity index (χ3n) is 2.12. The second-order valence-electron chi connectivity index (χ2n) is 3.50. The van der Waals surface area contributed by atoms with Crippen molar-refractivity contribution in [1.82, 2.24) is 0 Å². The first-order valence-electron chi connectivity index (χ1n) is 4.74. The lowest BCUT2D eigenvalue weighted by molar-refractivity contribution is -0.274. The van der Waals surface area contributed by atoms with E-state index in [2.05, 4.69) is 4.74 Å². The number of ether oxygens (including phenoxy) is 1. The lowest BCUT2D eigenvalue weighted by Gasteiger charge is -2.13. The summed E-state index contributed by atoms with van der Waals surface area (Å²) in [5, 5.41) is 17.3. The lowest BCUT2D eigenvalue weighted by Crippen LogP contribution is -2.18. The van der Waals surface area contributed by atoms with Crippen LogP contribution in [0.2, 0.25) is 0 Å². The van der Waals surface area contributed by atoms with Crippen LogP contribution in [0.4, 0.5) is 13.2 Å². The van der Waals surface area contributed by atoms with Crippen molar-refractivity contribution >= 4 is 5.97 Å². The molecule has 0 fully saturated rings. The van der Waals surface area contributed by atoms with Crippen molar-refractivity contribution in [3.05, 3.63) is 28.8 Å². The van der Waals surface area contributed by atoms with Gasteiger partial charge in [0.25, 0.3) is 0 Å². The quantitative estimate of drug-likeness (QED) is 0.904. The molecule has 0 radical (unpaired) electrons. The van der Waals surface area contributed by atoms with Crippen LogP contribution in [0, 0.1) is 18.3 Å². The fourth-order valence-corrected chi connectivity index (χ4v) is 1.37. The van der Waals surface area contributed by atoms with Gasteiger partial charge in [-0.15, -0.1) is 13.2 Å². The maximum atomic E-state index is 12.1. The molecule has 0 amide bonds. The van der Waals surface area contributed by atoms with Gasteiger partial charge < -0.3 is 9.84 Å². The molecule has 0 spiro atoms. The van der Waals surface area contributed by atoms with E-state index in [9.17, 15) is 18.0 Å². The predicted octanol–water partition coefficient (Wildman–Crippen LogP) is 2.39. The summed E-state index contributed by atoms with van der Waals surface area (Å²) in [5.74, 6) is -1.77. The monoisotopic (exact) mass is 259 g/mol. The van der Waals surface area contributed by atoms with E-state index < -0.39 is 24.5 Å². The fraction of sp³-hybridized carbons (Fsp3) is 0.273. The molecule has 0 aliphatic rings. The Morgan fingerprint density at radius 1 is 1.50 bits per heavy atom. The molecule has 18 heavy (non-hydrogen) atoms. The van der Waals surface area contributed by atoms with Crippen LogP contribution in [-0.4, -0.2) is 17.4 Å². The van der Waals surface area contributed by atoms with Crippen molar-refractivity contribution < 1.29 is 27.8 Å². The van der Waals surface area contributed by atoms with Gasteiger partial charge in [0.15, 0.2) is 0 Å². The maximum Gasteiger partial charge on any atom is 0.573 e. The van der Waals surface area contributed by atoms with Crippen LogP contribution in [-0.2, 0) is 11.2 Å². The van der Waals surface area contributed by atoms with Gasteiger partial charge in [-0.3, -0.25) is 4.79 Å². The van der Waals surface area contributed by atoms with E-state index in [1.807, 2.05) is 0 Å². The molecule has 0 atom stereocenters. The van der Waals surface area contributed by atoms with Crippen molar-refractivity contribution in [3.63, 3.8) is 0 Å². The van der Waals surface area contributed by atoms with Gasteiger partial charge in [0.1, 0.15) is 5.75 Å². The maximum absolute atomic E-state index is 12.1. The molecule has 0 heterocycles. The molecule has 0 bridgehead atoms. The second kappa shape index (κ2) is 4.96. The number of alkyl halides is 3. The van der Waals surface area contributed by atoms with Gasteiger partial charge in [0, 0.05) is 5.56 Å². The zero-order chi connectivity index (χ0) is 13.9. The first-order chi connectivity index (χ1) is 8.23. The Kier molecular flexibility index (Phi) is 3.81. The molecule has 0 saturated carbocycles. The van der Waals surface area contributed by atoms with Crippen LogP contribution in [0.5, 0.6) is 5.75 Å². The van der Waals surface area contributed by atoms with E-state index >= 15 is 0 Å². The first kappa shape index (κ1) is 13.8. The molecule has 7 heteroatoms. The van der Waals surface area contributed by atoms with E-state index in [0.717, 1.165) is 6.07 Å². The van der Waals surface area contributed by atoms with Crippen molar-refractivity contribution in [2.24, 2.45) is 0 Å². The zero-order valence-electron chi connectivity index (χ0n) is 9.21. The van der Waals surface area contributed by atoms with Gasteiger partial charge in [-0.1, -0.05) is 0 Å². The van der Waals surface area contributed by atoms with Crippen LogP contribution in [0.3, 0.4) is 0 Å². The van der Waals surface area contributed by atoms with Crippen LogP contribution in [0.1, 0.15) is 16.7 Å². The Hall–Kier alpha value is -2.23. The highest BCUT2D eigenvalue weighted by molar-refractivity contribution is 5.71. The molecule has 0 aromatic heterocycles. The fourth-order valence-electron chi connectivity index (χ4n) is 1.37. The number of hydrogen-bond donors (Lipinski definition) is 1. The van der Waals surface area contributed by atoms with Crippen LogP contribution >= 0.6 is 0 Å². The van der Waals surface area contributed by atoms with Gasteiger partial charge in [-0.05, 0) is 24.6 Å². The van der Waals surface area contributed by atoms with Gasteiger partial charge in [0.2, 0.25) is 0 Å². The van der Waals surface area contributed by atoms with Crippen LogP contribution in [0.25, 0.3) is 0 Å². The van der Waals surface area contributed by atoms with E-state index in [4.69, 9.17) is 10.4 Å². The topological polar surface area (TPSA) is 70.3 Å². The molecule has 1 rings (SSSR count). The highest BCUT2D eigenvalue weighted by atomic mass is 19.4. The van der Waals surface area contributed by atoms with E-state index in [0.29, 0.717) is 0 Å². The minimum atomic E-state index is -4.89. The highest BCUT2D eigenvalue weighted by Gasteiger charge is 2.32. The Labute approximate surface area is 100 Å². The molecule has 4 nitrogen and oxygen atoms in total. The van der Waals surface area contributed by atoms with Crippen molar-refractivity contribution in [1.29, 1.82) is 5.26 Å². The summed E-state index contributed by atoms with van der Waals surface area (Å²) in [5.41, 5.74) is 0.0425. The number of carboxylic acids is 1. The minimum absolute atomic E-state index is 0.0176. The molecule has 0 aliphatic heterocycles. The van der Waals surface area contributed by atoms with E-state index in [1.165, 1.54) is 13.0 Å². The summed E-state index contributed by atoms with van der Waals surface area (Å²) in [7, 11) is 0. The number of nitriles is 1. The van der Waals surface area contributed by atoms with Crippen molar-refractivity contribution in [3.8, 4) is 11.8 Å². The number of carbonyl (C=O) groups is 1. The van der Waals surface area contributed by atoms with Gasteiger partial charge in [-0.2, -0.15) is 5.26 Å². The molecular weight excluding hydrogens is 251 g/mol. The molecular formula is C11H8F3NO3. The largest absolute Gasteiger partial charge is 0.573 e. The van der Waals surface area contributed by atoms with Gasteiger partial charge >= 0.3 is 12.3 Å². The zero-order valence-corrected chi connectivity index (χ0v) is 9.21. The van der Waals surface area contributed by atoms with Crippen molar-refractivity contribution in [2.45, 2.75) is 19.7 Å². The molecule has 0 unspecified atom stereocenters. The normalized spacial score (nSPS) is 10.8. The second-order valence-corrected chi connectivity index (χ2v) is 3.50. The molecule has 1 N–H and O–H groups in total. The summed E-state index contributed by atoms with van der Waals surface area (Å²) < 4.78 is 40.1. The summed E-state index contributed by atoms with van der Waals surface area (Å²) >= 11 is 0. The Morgan fingerprint density at radius 2 is 2.11 bits per heavy atom. The number of aliphatic carboxylic acids is 1. The van der Waals surface area contributed by atoms with Crippen LogP contribution < -0.4 is 4.74 Å². The average Bonchev–Trinajstić information content (AvgIpc) is 2.19. The average molecular weight is 259 g/mol. The number of hydrogen-bond acceptors (Lipinski definition) is 3. The Bertz CT molecular complexity index is 517. The van der Waals surface area contributed by atoms with Crippen molar-refractivity contribution in [2.75, 3.05) is 0 Å². The Morgan fingerprint density at radius 3 is 2.56 bits per heavy atom. The lowest BCUT2D eigenvalue weighted by atomic mass is 10.0. The smallest absolute Gasteiger partial charge is 0.481 e. The molecule has 96 valence electrons. The standard InChI is InChI=1S/C11H8F3NO3/c1-6-8(5-15)2-7(4-10(16)17)3-9(6)18-11(12,13)14/h2-3H,4H2,1H3,(H,16,17). The molecule has 0 saturated heterocycles. The SMILES string of the molecule is Cc1c(C#N)cc(CC(=O)O)cc1OC(F)(F)F. The number of carboxylic acid groups (broad SMARTS) is 1. The summed E-state index contributed by atoms with van der Waals surface area (Å²) in [6.45, 7) is 1.30. The summed E-state index contributed by atoms with van der Waals surface area (Å²) in [6, 6.07) is 3.89. The number of rotatable bonds is 3. The Balaban J connectivity index is 3.24. The highest BCUT2D eigenvalue weighted by Crippen LogP contribution is 2.29. The number of halogens is 3. The third-order valence-corrected chi connectivity index (χ3v) is 2.12. The third kappa shape index (κ3) is 3.66. The number of benzene rings is 1.